The van der Waals surface area contributed by atoms with Crippen LogP contribution >= 0.6 is 0 Å². The Hall–Kier alpha value is -2.91. The van der Waals surface area contributed by atoms with E-state index in [-0.39, 0.29) is 29.7 Å². The van der Waals surface area contributed by atoms with Gasteiger partial charge >= 0.3 is 0 Å². The lowest BCUT2D eigenvalue weighted by Crippen LogP contribution is -2.37. The van der Waals surface area contributed by atoms with Crippen LogP contribution < -0.4 is 16.4 Å². The Balaban J connectivity index is 2.01. The van der Waals surface area contributed by atoms with Crippen LogP contribution in [0.15, 0.2) is 40.2 Å². The Morgan fingerprint density at radius 3 is 2.41 bits per heavy atom. The van der Waals surface area contributed by atoms with Crippen LogP contribution in [0.5, 0.6) is 0 Å². The van der Waals surface area contributed by atoms with Gasteiger partial charge in [0.25, 0.3) is 18.4 Å². The fourth-order valence-electron chi connectivity index (χ4n) is 3.14. The number of nitrogens with two attached hydrogens (primary N) is 1. The second-order valence-electron chi connectivity index (χ2n) is 6.92. The highest BCUT2D eigenvalue weighted by molar-refractivity contribution is 5.95. The molecule has 0 bridgehead atoms. The highest BCUT2D eigenvalue weighted by atomic mass is 19.3. The first-order chi connectivity index (χ1) is 13.6. The second kappa shape index (κ2) is 7.49. The van der Waals surface area contributed by atoms with Crippen LogP contribution in [0, 0.1) is 5.82 Å². The number of hydrogen-bond donors (Lipinski definition) is 1. The van der Waals surface area contributed by atoms with Crippen molar-refractivity contribution >= 4 is 11.6 Å². The van der Waals surface area contributed by atoms with E-state index in [1.54, 1.807) is 0 Å². The fourth-order valence-corrected chi connectivity index (χ4v) is 3.14. The summed E-state index contributed by atoms with van der Waals surface area (Å²) in [6, 6.07) is 3.05. The van der Waals surface area contributed by atoms with Gasteiger partial charge in [0.2, 0.25) is 0 Å². The largest absolute Gasteiger partial charge is 0.858 e. The van der Waals surface area contributed by atoms with Crippen molar-refractivity contribution in [3.63, 3.8) is 0 Å². The molecule has 0 aliphatic heterocycles. The van der Waals surface area contributed by atoms with E-state index in [9.17, 15) is 31.9 Å². The lowest BCUT2D eigenvalue weighted by Gasteiger charge is -2.22. The van der Waals surface area contributed by atoms with Gasteiger partial charge in [-0.05, 0) is 25.7 Å². The number of alkyl halides is 4. The van der Waals surface area contributed by atoms with Crippen LogP contribution in [0.2, 0.25) is 0 Å². The Bertz CT molecular complexity index is 1020. The molecule has 1 aromatic carbocycles. The van der Waals surface area contributed by atoms with Crippen LogP contribution in [0.1, 0.15) is 48.9 Å². The van der Waals surface area contributed by atoms with Gasteiger partial charge in [-0.2, -0.15) is 0 Å². The Labute approximate surface area is 162 Å². The molecule has 1 aromatic heterocycles. The normalized spacial score (nSPS) is 17.0. The van der Waals surface area contributed by atoms with Gasteiger partial charge < -0.3 is 15.4 Å². The predicted octanol–water partition coefficient (Wildman–Crippen LogP) is 3.13. The summed E-state index contributed by atoms with van der Waals surface area (Å²) >= 11 is 0. The van der Waals surface area contributed by atoms with Gasteiger partial charge in [-0.15, -0.1) is 0 Å². The van der Waals surface area contributed by atoms with Crippen molar-refractivity contribution in [2.75, 3.05) is 5.73 Å². The number of benzene rings is 1. The summed E-state index contributed by atoms with van der Waals surface area (Å²) in [4.78, 5) is 15.8. The van der Waals surface area contributed by atoms with Crippen molar-refractivity contribution in [3.05, 3.63) is 63.3 Å². The standard InChI is InChI=1S/C19H18F5N3O2/c1-9(10-3-2-4-11(15(10)20)16(21)22)26-17(29)12-8-27(14(28)7-13(12)25)19(5-6-19)18(23)24/h2-4,7-9,16,18H,5-6,25H2,1H3,(H,26,29)/p-1/t9-/m1/s1. The Morgan fingerprint density at radius 1 is 1.24 bits per heavy atom. The van der Waals surface area contributed by atoms with E-state index in [0.29, 0.717) is 0 Å². The summed E-state index contributed by atoms with van der Waals surface area (Å²) in [6.45, 7) is 1.32. The number of rotatable bonds is 6. The highest BCUT2D eigenvalue weighted by Gasteiger charge is 2.53. The van der Waals surface area contributed by atoms with Crippen molar-refractivity contribution in [1.29, 1.82) is 0 Å². The average Bonchev–Trinajstić information content (AvgIpc) is 3.43. The van der Waals surface area contributed by atoms with Gasteiger partial charge in [0.15, 0.2) is 0 Å². The van der Waals surface area contributed by atoms with E-state index >= 15 is 0 Å². The van der Waals surface area contributed by atoms with E-state index in [1.807, 2.05) is 0 Å². The zero-order valence-corrected chi connectivity index (χ0v) is 15.2. The van der Waals surface area contributed by atoms with E-state index in [1.165, 1.54) is 19.1 Å². The molecular weight excluding hydrogens is 397 g/mol. The number of hydrogen-bond acceptors (Lipinski definition) is 4. The third-order valence-corrected chi connectivity index (χ3v) is 5.02. The zero-order chi connectivity index (χ0) is 21.5. The number of anilines is 1. The number of pyridine rings is 1. The summed E-state index contributed by atoms with van der Waals surface area (Å²) in [5.41, 5.74) is 1.62. The fraction of sp³-hybridized carbons (Fsp3) is 0.368. The average molecular weight is 414 g/mol. The maximum Gasteiger partial charge on any atom is 0.266 e. The molecule has 0 amide bonds. The molecule has 10 heteroatoms. The molecule has 2 aromatic rings. The highest BCUT2D eigenvalue weighted by Crippen LogP contribution is 2.47. The minimum atomic E-state index is -3.04. The van der Waals surface area contributed by atoms with Gasteiger partial charge in [-0.3, -0.25) is 9.79 Å². The Kier molecular flexibility index (Phi) is 5.38. The summed E-state index contributed by atoms with van der Waals surface area (Å²) in [7, 11) is 0. The zero-order valence-electron chi connectivity index (χ0n) is 15.2. The lowest BCUT2D eigenvalue weighted by atomic mass is 10.0. The van der Waals surface area contributed by atoms with E-state index in [0.717, 1.165) is 22.9 Å². The van der Waals surface area contributed by atoms with E-state index < -0.39 is 47.3 Å². The SMILES string of the molecule is C[C@@H](N=C([O-])c1cn(C2(C(F)F)CC2)c(=O)cc1N)c1cccc(C(F)F)c1F. The molecule has 156 valence electrons. The lowest BCUT2D eigenvalue weighted by molar-refractivity contribution is -0.213. The summed E-state index contributed by atoms with van der Waals surface area (Å²) in [5, 5.41) is 12.5. The molecule has 1 fully saturated rings. The van der Waals surface area contributed by atoms with E-state index in [2.05, 4.69) is 4.99 Å². The topological polar surface area (TPSA) is 83.4 Å². The molecule has 0 radical (unpaired) electrons. The van der Waals surface area contributed by atoms with Crippen molar-refractivity contribution in [1.82, 2.24) is 4.57 Å². The quantitative estimate of drug-likeness (QED) is 0.448. The van der Waals surface area contributed by atoms with Crippen LogP contribution in [-0.4, -0.2) is 16.9 Å². The monoisotopic (exact) mass is 414 g/mol. The molecule has 1 heterocycles. The van der Waals surface area contributed by atoms with Crippen LogP contribution in [-0.2, 0) is 5.54 Å². The molecule has 1 saturated carbocycles. The smallest absolute Gasteiger partial charge is 0.266 e. The molecule has 29 heavy (non-hydrogen) atoms. The van der Waals surface area contributed by atoms with Crippen molar-refractivity contribution in [3.8, 4) is 0 Å². The summed E-state index contributed by atoms with van der Waals surface area (Å²) in [6.07, 6.45) is -4.78. The number of aliphatic imine (C=N–C) groups is 1. The molecule has 0 saturated heterocycles. The van der Waals surface area contributed by atoms with Gasteiger partial charge in [-0.25, -0.2) is 22.0 Å². The molecule has 1 atom stereocenters. The first kappa shape index (κ1) is 20.8. The minimum absolute atomic E-state index is 0.0707. The van der Waals surface area contributed by atoms with Gasteiger partial charge in [0.05, 0.1) is 11.6 Å². The van der Waals surface area contributed by atoms with Crippen molar-refractivity contribution < 1.29 is 27.1 Å². The van der Waals surface area contributed by atoms with Gasteiger partial charge in [-0.1, -0.05) is 18.2 Å². The first-order valence-electron chi connectivity index (χ1n) is 8.71. The van der Waals surface area contributed by atoms with Crippen LogP contribution in [0.25, 0.3) is 0 Å². The molecule has 3 rings (SSSR count). The summed E-state index contributed by atoms with van der Waals surface area (Å²) in [5.74, 6) is -2.16. The van der Waals surface area contributed by atoms with Gasteiger partial charge in [0.1, 0.15) is 11.4 Å². The molecule has 5 nitrogen and oxygen atoms in total. The Morgan fingerprint density at radius 2 is 1.86 bits per heavy atom. The number of nitrogens with zero attached hydrogens (tertiary/aromatic N) is 2. The maximum absolute atomic E-state index is 14.3. The molecule has 1 aliphatic rings. The third-order valence-electron chi connectivity index (χ3n) is 5.02. The maximum atomic E-state index is 14.3. The van der Waals surface area contributed by atoms with E-state index in [4.69, 9.17) is 5.73 Å². The van der Waals surface area contributed by atoms with Crippen molar-refractivity contribution in [2.45, 2.75) is 44.2 Å². The number of halogens is 5. The minimum Gasteiger partial charge on any atom is -0.858 e. The predicted molar refractivity (Wildman–Crippen MR) is 94.6 cm³/mol. The molecule has 1 aliphatic carbocycles. The molecule has 0 unspecified atom stereocenters. The first-order valence-corrected chi connectivity index (χ1v) is 8.71. The number of nitrogen functional groups attached to an aromatic ring is 1. The molecular formula is C19H17F5N3O2-. The molecule has 2 N–H and O–H groups in total. The molecule has 0 spiro atoms. The van der Waals surface area contributed by atoms with Crippen molar-refractivity contribution in [2.24, 2.45) is 4.99 Å². The van der Waals surface area contributed by atoms with Crippen LogP contribution in [0.4, 0.5) is 27.6 Å². The third kappa shape index (κ3) is 3.70. The summed E-state index contributed by atoms with van der Waals surface area (Å²) < 4.78 is 67.5. The van der Waals surface area contributed by atoms with Gasteiger partial charge in [0, 0.05) is 29.1 Å². The second-order valence-corrected chi connectivity index (χ2v) is 6.92. The van der Waals surface area contributed by atoms with Crippen LogP contribution in [0.3, 0.4) is 0 Å². The number of aromatic nitrogens is 1.